The van der Waals surface area contributed by atoms with Crippen molar-refractivity contribution < 1.29 is 9.72 Å². The van der Waals surface area contributed by atoms with E-state index in [1.807, 2.05) is 12.1 Å². The smallest absolute Gasteiger partial charge is 0.283 e. The third-order valence-electron chi connectivity index (χ3n) is 2.42. The van der Waals surface area contributed by atoms with E-state index < -0.39 is 4.92 Å². The Morgan fingerprint density at radius 1 is 1.30 bits per heavy atom. The Balaban J connectivity index is 1.86. The number of thioether (sulfide) groups is 1. The Bertz CT molecular complexity index is 602. The fraction of sp³-hybridized carbons (Fsp3) is 0.0769. The summed E-state index contributed by atoms with van der Waals surface area (Å²) in [5, 5.41) is 12.9. The minimum Gasteiger partial charge on any atom is -0.317 e. The molecule has 2 aromatic rings. The summed E-state index contributed by atoms with van der Waals surface area (Å²) in [6.07, 6.45) is 3.37. The first-order valence-corrected chi connectivity index (χ1v) is 6.71. The Morgan fingerprint density at radius 2 is 2.05 bits per heavy atom. The van der Waals surface area contributed by atoms with Crippen LogP contribution in [0.3, 0.4) is 0 Å². The van der Waals surface area contributed by atoms with Crippen molar-refractivity contribution in [2.75, 3.05) is 5.32 Å². The summed E-state index contributed by atoms with van der Waals surface area (Å²) in [5.74, 6) is 0.520. The molecule has 0 bridgehead atoms. The summed E-state index contributed by atoms with van der Waals surface area (Å²) >= 11 is 1.11. The second-order valence-corrected chi connectivity index (χ2v) is 4.81. The molecule has 1 heterocycles. The van der Waals surface area contributed by atoms with Crippen LogP contribution in [-0.2, 0) is 5.75 Å². The molecule has 0 aliphatic rings. The number of amides is 1. The molecule has 20 heavy (non-hydrogen) atoms. The van der Waals surface area contributed by atoms with Gasteiger partial charge in [0.2, 0.25) is 0 Å². The van der Waals surface area contributed by atoms with Crippen molar-refractivity contribution in [3.05, 3.63) is 64.5 Å². The van der Waals surface area contributed by atoms with E-state index in [1.54, 1.807) is 12.4 Å². The Morgan fingerprint density at radius 3 is 2.65 bits per heavy atom. The summed E-state index contributed by atoms with van der Waals surface area (Å²) in [7, 11) is 0. The highest BCUT2D eigenvalue weighted by Gasteiger charge is 2.07. The monoisotopic (exact) mass is 289 g/mol. The van der Waals surface area contributed by atoms with Gasteiger partial charge in [-0.15, -0.1) is 0 Å². The standard InChI is InChI=1S/C13H11N3O3S/c17-13(20-9-10-2-1-7-14-8-10)15-11-3-5-12(6-4-11)16(18)19/h1-8H,9H2,(H,15,17). The molecule has 0 atom stereocenters. The van der Waals surface area contributed by atoms with Gasteiger partial charge in [0, 0.05) is 36.0 Å². The summed E-state index contributed by atoms with van der Waals surface area (Å²) in [4.78, 5) is 25.7. The highest BCUT2D eigenvalue weighted by molar-refractivity contribution is 8.13. The van der Waals surface area contributed by atoms with Gasteiger partial charge in [-0.2, -0.15) is 0 Å². The second kappa shape index (κ2) is 6.67. The van der Waals surface area contributed by atoms with Crippen molar-refractivity contribution in [3.8, 4) is 0 Å². The number of benzene rings is 1. The van der Waals surface area contributed by atoms with Crippen LogP contribution >= 0.6 is 11.8 Å². The Labute approximate surface area is 119 Å². The first-order chi connectivity index (χ1) is 9.65. The van der Waals surface area contributed by atoms with Crippen LogP contribution in [-0.4, -0.2) is 15.1 Å². The SMILES string of the molecule is O=C(Nc1ccc([N+](=O)[O-])cc1)SCc1cccnc1. The number of carbonyl (C=O) groups excluding carboxylic acids is 1. The Hall–Kier alpha value is -2.41. The molecule has 1 aromatic carbocycles. The molecular formula is C13H11N3O3S. The summed E-state index contributed by atoms with van der Waals surface area (Å²) < 4.78 is 0. The molecule has 102 valence electrons. The van der Waals surface area contributed by atoms with Crippen LogP contribution in [0.25, 0.3) is 0 Å². The predicted octanol–water partition coefficient (Wildman–Crippen LogP) is 3.46. The topological polar surface area (TPSA) is 85.1 Å². The summed E-state index contributed by atoms with van der Waals surface area (Å²) in [6, 6.07) is 9.40. The van der Waals surface area contributed by atoms with Gasteiger partial charge in [-0.3, -0.25) is 19.9 Å². The van der Waals surface area contributed by atoms with Crippen LogP contribution in [0, 0.1) is 10.1 Å². The normalized spacial score (nSPS) is 10.0. The largest absolute Gasteiger partial charge is 0.317 e. The number of nitro benzene ring substituents is 1. The number of non-ortho nitro benzene ring substituents is 1. The molecule has 0 fully saturated rings. The number of hydrogen-bond acceptors (Lipinski definition) is 5. The number of nitro groups is 1. The van der Waals surface area contributed by atoms with Crippen LogP contribution in [0.4, 0.5) is 16.2 Å². The third-order valence-corrected chi connectivity index (χ3v) is 3.26. The van der Waals surface area contributed by atoms with Gasteiger partial charge in [-0.05, 0) is 23.8 Å². The molecule has 0 saturated carbocycles. The van der Waals surface area contributed by atoms with Crippen LogP contribution in [0.15, 0.2) is 48.8 Å². The molecule has 0 saturated heterocycles. The lowest BCUT2D eigenvalue weighted by molar-refractivity contribution is -0.384. The summed E-state index contributed by atoms with van der Waals surface area (Å²) in [5.41, 5.74) is 1.47. The van der Waals surface area contributed by atoms with Gasteiger partial charge in [-0.1, -0.05) is 17.8 Å². The molecular weight excluding hydrogens is 278 g/mol. The summed E-state index contributed by atoms with van der Waals surface area (Å²) in [6.45, 7) is 0. The molecule has 2 rings (SSSR count). The first kappa shape index (κ1) is 14.0. The first-order valence-electron chi connectivity index (χ1n) is 5.72. The van der Waals surface area contributed by atoms with E-state index in [2.05, 4.69) is 10.3 Å². The maximum Gasteiger partial charge on any atom is 0.283 e. The van der Waals surface area contributed by atoms with Crippen molar-refractivity contribution in [3.63, 3.8) is 0 Å². The average Bonchev–Trinajstić information content (AvgIpc) is 2.47. The van der Waals surface area contributed by atoms with Crippen molar-refractivity contribution in [2.24, 2.45) is 0 Å². The number of rotatable bonds is 4. The van der Waals surface area contributed by atoms with Crippen molar-refractivity contribution in [1.82, 2.24) is 4.98 Å². The molecule has 6 nitrogen and oxygen atoms in total. The minimum atomic E-state index is -0.483. The molecule has 0 spiro atoms. The van der Waals surface area contributed by atoms with E-state index in [1.165, 1.54) is 24.3 Å². The number of carbonyl (C=O) groups is 1. The lowest BCUT2D eigenvalue weighted by Gasteiger charge is -2.04. The van der Waals surface area contributed by atoms with E-state index in [0.29, 0.717) is 11.4 Å². The molecule has 0 aliphatic carbocycles. The maximum atomic E-state index is 11.7. The zero-order chi connectivity index (χ0) is 14.4. The highest BCUT2D eigenvalue weighted by Crippen LogP contribution is 2.18. The van der Waals surface area contributed by atoms with Gasteiger partial charge in [0.05, 0.1) is 4.92 Å². The quantitative estimate of drug-likeness (QED) is 0.688. The van der Waals surface area contributed by atoms with Crippen LogP contribution in [0.5, 0.6) is 0 Å². The maximum absolute atomic E-state index is 11.7. The average molecular weight is 289 g/mol. The van der Waals surface area contributed by atoms with Gasteiger partial charge in [0.15, 0.2) is 0 Å². The fourth-order valence-corrected chi connectivity index (χ4v) is 2.11. The van der Waals surface area contributed by atoms with Crippen molar-refractivity contribution >= 4 is 28.4 Å². The van der Waals surface area contributed by atoms with Crippen molar-refractivity contribution in [2.45, 2.75) is 5.75 Å². The molecule has 1 amide bonds. The van der Waals surface area contributed by atoms with Crippen molar-refractivity contribution in [1.29, 1.82) is 0 Å². The van der Waals surface area contributed by atoms with Gasteiger partial charge < -0.3 is 5.32 Å². The molecule has 0 unspecified atom stereocenters. The highest BCUT2D eigenvalue weighted by atomic mass is 32.2. The fourth-order valence-electron chi connectivity index (χ4n) is 1.45. The van der Waals surface area contributed by atoms with Crippen LogP contribution in [0.2, 0.25) is 0 Å². The van der Waals surface area contributed by atoms with E-state index in [0.717, 1.165) is 17.3 Å². The van der Waals surface area contributed by atoms with E-state index in [-0.39, 0.29) is 10.9 Å². The van der Waals surface area contributed by atoms with Crippen LogP contribution < -0.4 is 5.32 Å². The van der Waals surface area contributed by atoms with Gasteiger partial charge >= 0.3 is 0 Å². The minimum absolute atomic E-state index is 0.00832. The second-order valence-electron chi connectivity index (χ2n) is 3.87. The molecule has 1 N–H and O–H groups in total. The third kappa shape index (κ3) is 4.06. The number of nitrogens with zero attached hydrogens (tertiary/aromatic N) is 2. The zero-order valence-corrected chi connectivity index (χ0v) is 11.2. The number of anilines is 1. The van der Waals surface area contributed by atoms with E-state index in [4.69, 9.17) is 0 Å². The number of pyridine rings is 1. The lowest BCUT2D eigenvalue weighted by atomic mass is 10.3. The van der Waals surface area contributed by atoms with E-state index >= 15 is 0 Å². The van der Waals surface area contributed by atoms with Crippen LogP contribution in [0.1, 0.15) is 5.56 Å². The predicted molar refractivity (Wildman–Crippen MR) is 77.6 cm³/mol. The number of nitrogens with one attached hydrogen (secondary N) is 1. The van der Waals surface area contributed by atoms with Gasteiger partial charge in [0.1, 0.15) is 0 Å². The number of hydrogen-bond donors (Lipinski definition) is 1. The molecule has 1 aromatic heterocycles. The molecule has 0 aliphatic heterocycles. The van der Waals surface area contributed by atoms with Gasteiger partial charge in [-0.25, -0.2) is 0 Å². The Kier molecular flexibility index (Phi) is 4.67. The van der Waals surface area contributed by atoms with E-state index in [9.17, 15) is 14.9 Å². The molecule has 7 heteroatoms. The lowest BCUT2D eigenvalue weighted by Crippen LogP contribution is -2.05. The molecule has 0 radical (unpaired) electrons. The van der Waals surface area contributed by atoms with Gasteiger partial charge in [0.25, 0.3) is 10.9 Å². The zero-order valence-electron chi connectivity index (χ0n) is 10.4. The number of aromatic nitrogens is 1.